The monoisotopic (exact) mass is 301 g/mol. The van der Waals surface area contributed by atoms with Crippen LogP contribution in [0.5, 0.6) is 0 Å². The van der Waals surface area contributed by atoms with Crippen LogP contribution in [0, 0.1) is 6.92 Å². The van der Waals surface area contributed by atoms with Crippen molar-refractivity contribution < 1.29 is 4.79 Å². The molecule has 1 amide bonds. The van der Waals surface area contributed by atoms with Crippen molar-refractivity contribution in [1.29, 1.82) is 0 Å². The number of aromatic nitrogens is 3. The zero-order valence-electron chi connectivity index (χ0n) is 11.7. The molecule has 0 radical (unpaired) electrons. The van der Waals surface area contributed by atoms with Gasteiger partial charge in [-0.05, 0) is 31.5 Å². The Balaban J connectivity index is 1.91. The van der Waals surface area contributed by atoms with E-state index >= 15 is 0 Å². The first-order chi connectivity index (χ1) is 10.1. The van der Waals surface area contributed by atoms with E-state index in [1.165, 1.54) is 11.3 Å². The molecule has 0 aliphatic carbocycles. The van der Waals surface area contributed by atoms with Gasteiger partial charge in [0.2, 0.25) is 0 Å². The van der Waals surface area contributed by atoms with Gasteiger partial charge in [0.05, 0.1) is 11.2 Å². The van der Waals surface area contributed by atoms with Gasteiger partial charge >= 0.3 is 0 Å². The number of carbonyl (C=O) groups is 1. The zero-order valence-corrected chi connectivity index (χ0v) is 12.5. The molecule has 1 aromatic carbocycles. The Labute approximate surface area is 125 Å². The summed E-state index contributed by atoms with van der Waals surface area (Å²) in [6, 6.07) is 5.30. The third kappa shape index (κ3) is 2.47. The van der Waals surface area contributed by atoms with Crippen LogP contribution in [-0.2, 0) is 6.42 Å². The molecular weight excluding hydrogens is 286 g/mol. The molecular formula is C14H15N5OS. The van der Waals surface area contributed by atoms with Gasteiger partial charge in [0.1, 0.15) is 0 Å². The molecule has 0 unspecified atom stereocenters. The van der Waals surface area contributed by atoms with Crippen LogP contribution in [0.2, 0.25) is 0 Å². The maximum absolute atomic E-state index is 12.3. The number of nitrogens with two attached hydrogens (primary N) is 1. The SMILES string of the molecule is CCc1nc(NC(=O)c2n[nH]c3ccc(N)cc23)sc1C. The van der Waals surface area contributed by atoms with Crippen molar-refractivity contribution in [2.75, 3.05) is 11.1 Å². The molecule has 0 aliphatic heterocycles. The molecule has 21 heavy (non-hydrogen) atoms. The van der Waals surface area contributed by atoms with E-state index in [0.29, 0.717) is 21.9 Å². The molecule has 6 nitrogen and oxygen atoms in total. The maximum atomic E-state index is 12.3. The second-order valence-electron chi connectivity index (χ2n) is 4.71. The minimum atomic E-state index is -0.289. The van der Waals surface area contributed by atoms with Gasteiger partial charge in [-0.15, -0.1) is 11.3 Å². The van der Waals surface area contributed by atoms with Crippen LogP contribution in [0.4, 0.5) is 10.8 Å². The third-order valence-electron chi connectivity index (χ3n) is 3.25. The molecule has 0 saturated carbocycles. The van der Waals surface area contributed by atoms with Gasteiger partial charge in [0.15, 0.2) is 10.8 Å². The van der Waals surface area contributed by atoms with Crippen molar-refractivity contribution >= 4 is 39.0 Å². The molecule has 4 N–H and O–H groups in total. The summed E-state index contributed by atoms with van der Waals surface area (Å²) in [4.78, 5) is 17.9. The lowest BCUT2D eigenvalue weighted by molar-refractivity contribution is 0.102. The largest absolute Gasteiger partial charge is 0.399 e. The molecule has 0 fully saturated rings. The second kappa shape index (κ2) is 5.17. The van der Waals surface area contributed by atoms with Crippen LogP contribution in [0.15, 0.2) is 18.2 Å². The van der Waals surface area contributed by atoms with Crippen LogP contribution >= 0.6 is 11.3 Å². The summed E-state index contributed by atoms with van der Waals surface area (Å²) in [5, 5.41) is 11.0. The minimum Gasteiger partial charge on any atom is -0.399 e. The number of aryl methyl sites for hydroxylation is 2. The molecule has 0 spiro atoms. The lowest BCUT2D eigenvalue weighted by atomic mass is 10.2. The summed E-state index contributed by atoms with van der Waals surface area (Å²) in [7, 11) is 0. The molecule has 0 saturated heterocycles. The number of anilines is 2. The Hall–Kier alpha value is -2.41. The van der Waals surface area contributed by atoms with Crippen LogP contribution < -0.4 is 11.1 Å². The number of H-pyrrole nitrogens is 1. The summed E-state index contributed by atoms with van der Waals surface area (Å²) in [5.74, 6) is -0.289. The highest BCUT2D eigenvalue weighted by atomic mass is 32.1. The van der Waals surface area contributed by atoms with Gasteiger partial charge in [-0.1, -0.05) is 6.92 Å². The topological polar surface area (TPSA) is 96.7 Å². The summed E-state index contributed by atoms with van der Waals surface area (Å²) in [6.45, 7) is 4.04. The number of benzene rings is 1. The summed E-state index contributed by atoms with van der Waals surface area (Å²) < 4.78 is 0. The summed E-state index contributed by atoms with van der Waals surface area (Å²) in [5.41, 5.74) is 8.46. The van der Waals surface area contributed by atoms with Gasteiger partial charge < -0.3 is 5.73 Å². The van der Waals surface area contributed by atoms with Crippen molar-refractivity contribution in [3.05, 3.63) is 34.5 Å². The number of nitrogens with zero attached hydrogens (tertiary/aromatic N) is 2. The van der Waals surface area contributed by atoms with Crippen molar-refractivity contribution in [3.8, 4) is 0 Å². The number of amides is 1. The lowest BCUT2D eigenvalue weighted by Crippen LogP contribution is -2.12. The predicted molar refractivity (Wildman–Crippen MR) is 84.7 cm³/mol. The normalized spacial score (nSPS) is 11.0. The molecule has 3 rings (SSSR count). The average molecular weight is 301 g/mol. The van der Waals surface area contributed by atoms with E-state index in [0.717, 1.165) is 22.5 Å². The van der Waals surface area contributed by atoms with E-state index in [2.05, 4.69) is 20.5 Å². The van der Waals surface area contributed by atoms with E-state index in [1.807, 2.05) is 13.8 Å². The smallest absolute Gasteiger partial charge is 0.278 e. The Morgan fingerprint density at radius 2 is 2.29 bits per heavy atom. The van der Waals surface area contributed by atoms with Crippen LogP contribution in [-0.4, -0.2) is 21.1 Å². The molecule has 7 heteroatoms. The van der Waals surface area contributed by atoms with E-state index in [1.54, 1.807) is 18.2 Å². The zero-order chi connectivity index (χ0) is 15.0. The molecule has 3 aromatic rings. The van der Waals surface area contributed by atoms with Gasteiger partial charge in [0.25, 0.3) is 5.91 Å². The Bertz CT molecular complexity index is 820. The number of hydrogen-bond donors (Lipinski definition) is 3. The Morgan fingerprint density at radius 3 is 3.00 bits per heavy atom. The second-order valence-corrected chi connectivity index (χ2v) is 5.91. The fraction of sp³-hybridized carbons (Fsp3) is 0.214. The van der Waals surface area contributed by atoms with Crippen LogP contribution in [0.25, 0.3) is 10.9 Å². The summed E-state index contributed by atoms with van der Waals surface area (Å²) in [6.07, 6.45) is 0.847. The van der Waals surface area contributed by atoms with Gasteiger partial charge in [0, 0.05) is 16.0 Å². The van der Waals surface area contributed by atoms with Crippen molar-refractivity contribution in [1.82, 2.24) is 15.2 Å². The molecule has 108 valence electrons. The first kappa shape index (κ1) is 13.6. The molecule has 2 aromatic heterocycles. The maximum Gasteiger partial charge on any atom is 0.278 e. The summed E-state index contributed by atoms with van der Waals surface area (Å²) >= 11 is 1.47. The van der Waals surface area contributed by atoms with E-state index in [9.17, 15) is 4.79 Å². The highest BCUT2D eigenvalue weighted by Gasteiger charge is 2.16. The van der Waals surface area contributed by atoms with E-state index < -0.39 is 0 Å². The number of rotatable bonds is 3. The number of carbonyl (C=O) groups excluding carboxylic acids is 1. The average Bonchev–Trinajstić information content (AvgIpc) is 3.01. The highest BCUT2D eigenvalue weighted by molar-refractivity contribution is 7.15. The fourth-order valence-corrected chi connectivity index (χ4v) is 3.07. The van der Waals surface area contributed by atoms with Crippen LogP contribution in [0.1, 0.15) is 28.0 Å². The van der Waals surface area contributed by atoms with Gasteiger partial charge in [-0.2, -0.15) is 5.10 Å². The lowest BCUT2D eigenvalue weighted by Gasteiger charge is -1.99. The molecule has 0 aliphatic rings. The minimum absolute atomic E-state index is 0.289. The number of nitrogen functional groups attached to an aromatic ring is 1. The van der Waals surface area contributed by atoms with Gasteiger partial charge in [-0.3, -0.25) is 15.2 Å². The number of nitrogens with one attached hydrogen (secondary N) is 2. The van der Waals surface area contributed by atoms with Gasteiger partial charge in [-0.25, -0.2) is 4.98 Å². The van der Waals surface area contributed by atoms with E-state index in [-0.39, 0.29) is 5.91 Å². The Kier molecular flexibility index (Phi) is 3.34. The quantitative estimate of drug-likeness (QED) is 0.648. The highest BCUT2D eigenvalue weighted by Crippen LogP contribution is 2.24. The van der Waals surface area contributed by atoms with E-state index in [4.69, 9.17) is 5.73 Å². The molecule has 2 heterocycles. The third-order valence-corrected chi connectivity index (χ3v) is 4.18. The predicted octanol–water partition coefficient (Wildman–Crippen LogP) is 2.72. The fourth-order valence-electron chi connectivity index (χ4n) is 2.17. The number of hydrogen-bond acceptors (Lipinski definition) is 5. The van der Waals surface area contributed by atoms with Crippen molar-refractivity contribution in [2.45, 2.75) is 20.3 Å². The number of fused-ring (bicyclic) bond motifs is 1. The van der Waals surface area contributed by atoms with Crippen LogP contribution in [0.3, 0.4) is 0 Å². The number of aromatic amines is 1. The Morgan fingerprint density at radius 1 is 1.48 bits per heavy atom. The molecule has 0 atom stereocenters. The van der Waals surface area contributed by atoms with Crippen molar-refractivity contribution in [3.63, 3.8) is 0 Å². The number of thiazole rings is 1. The first-order valence-electron chi connectivity index (χ1n) is 6.59. The standard InChI is InChI=1S/C14H15N5OS/c1-3-10-7(2)21-14(16-10)17-13(20)12-9-6-8(15)4-5-11(9)18-19-12/h4-6H,3,15H2,1-2H3,(H,18,19)(H,16,17,20). The first-order valence-corrected chi connectivity index (χ1v) is 7.41. The van der Waals surface area contributed by atoms with Crippen molar-refractivity contribution in [2.24, 2.45) is 0 Å². The molecule has 0 bridgehead atoms.